The average Bonchev–Trinajstić information content (AvgIpc) is 2.42. The lowest BCUT2D eigenvalue weighted by Gasteiger charge is -2.15. The second kappa shape index (κ2) is 8.91. The summed E-state index contributed by atoms with van der Waals surface area (Å²) in [5, 5.41) is 3.34. The van der Waals surface area contributed by atoms with E-state index in [0.29, 0.717) is 13.2 Å². The monoisotopic (exact) mass is 267 g/mol. The fourth-order valence-corrected chi connectivity index (χ4v) is 1.66. The molecule has 0 aliphatic heterocycles. The van der Waals surface area contributed by atoms with Crippen LogP contribution in [0.15, 0.2) is 18.2 Å². The van der Waals surface area contributed by atoms with Gasteiger partial charge in [-0.1, -0.05) is 17.7 Å². The van der Waals surface area contributed by atoms with Gasteiger partial charge in [0.15, 0.2) is 0 Å². The van der Waals surface area contributed by atoms with Crippen molar-refractivity contribution >= 4 is 0 Å². The van der Waals surface area contributed by atoms with Crippen molar-refractivity contribution in [3.8, 4) is 5.75 Å². The van der Waals surface area contributed by atoms with Crippen LogP contribution in [0.1, 0.15) is 18.1 Å². The summed E-state index contributed by atoms with van der Waals surface area (Å²) in [4.78, 5) is 0. The smallest absolute Gasteiger partial charge is 0.123 e. The Balaban J connectivity index is 2.58. The summed E-state index contributed by atoms with van der Waals surface area (Å²) in [7, 11) is 3.39. The molecule has 1 rings (SSSR count). The minimum atomic E-state index is 0.0932. The van der Waals surface area contributed by atoms with Crippen LogP contribution in [-0.2, 0) is 16.0 Å². The molecule has 0 aliphatic rings. The molecule has 1 N–H and O–H groups in total. The van der Waals surface area contributed by atoms with Crippen LogP contribution in [0, 0.1) is 6.92 Å². The predicted molar refractivity (Wildman–Crippen MR) is 76.7 cm³/mol. The number of nitrogens with one attached hydrogen (secondary N) is 1. The van der Waals surface area contributed by atoms with Gasteiger partial charge in [-0.05, 0) is 19.9 Å². The van der Waals surface area contributed by atoms with Crippen molar-refractivity contribution in [2.45, 2.75) is 26.5 Å². The third-order valence-electron chi connectivity index (χ3n) is 2.89. The molecule has 0 aromatic heterocycles. The lowest BCUT2D eigenvalue weighted by atomic mass is 10.1. The van der Waals surface area contributed by atoms with Gasteiger partial charge in [-0.3, -0.25) is 0 Å². The van der Waals surface area contributed by atoms with E-state index in [2.05, 4.69) is 24.4 Å². The van der Waals surface area contributed by atoms with Crippen molar-refractivity contribution in [1.82, 2.24) is 5.32 Å². The van der Waals surface area contributed by atoms with Gasteiger partial charge in [0.25, 0.3) is 0 Å². The summed E-state index contributed by atoms with van der Waals surface area (Å²) in [5.74, 6) is 0.916. The molecule has 4 nitrogen and oxygen atoms in total. The quantitative estimate of drug-likeness (QED) is 0.696. The Bertz CT molecular complexity index is 368. The number of rotatable bonds is 9. The normalized spacial score (nSPS) is 12.4. The number of ether oxygens (including phenoxy) is 3. The zero-order chi connectivity index (χ0) is 14.1. The standard InChI is InChI=1S/C15H25NO3/c1-12-5-6-15(19-11-13(2)18-4)14(9-12)10-16-7-8-17-3/h5-6,9,13,16H,7-8,10-11H2,1-4H3. The highest BCUT2D eigenvalue weighted by atomic mass is 16.5. The lowest BCUT2D eigenvalue weighted by molar-refractivity contribution is 0.0712. The summed E-state index contributed by atoms with van der Waals surface area (Å²) < 4.78 is 16.0. The lowest BCUT2D eigenvalue weighted by Crippen LogP contribution is -2.20. The molecule has 19 heavy (non-hydrogen) atoms. The van der Waals surface area contributed by atoms with Gasteiger partial charge in [0.1, 0.15) is 12.4 Å². The Labute approximate surface area is 116 Å². The van der Waals surface area contributed by atoms with Crippen LogP contribution < -0.4 is 10.1 Å². The second-order valence-corrected chi connectivity index (χ2v) is 4.64. The van der Waals surface area contributed by atoms with Crippen molar-refractivity contribution in [1.29, 1.82) is 0 Å². The fraction of sp³-hybridized carbons (Fsp3) is 0.600. The van der Waals surface area contributed by atoms with Crippen LogP contribution in [0.5, 0.6) is 5.75 Å². The van der Waals surface area contributed by atoms with Crippen LogP contribution in [0.25, 0.3) is 0 Å². The first-order valence-electron chi connectivity index (χ1n) is 6.62. The van der Waals surface area contributed by atoms with Crippen molar-refractivity contribution in [2.75, 3.05) is 34.0 Å². The second-order valence-electron chi connectivity index (χ2n) is 4.64. The first kappa shape index (κ1) is 16.0. The van der Waals surface area contributed by atoms with Gasteiger partial charge < -0.3 is 19.5 Å². The molecular formula is C15H25NO3. The van der Waals surface area contributed by atoms with E-state index in [0.717, 1.165) is 18.8 Å². The van der Waals surface area contributed by atoms with E-state index in [9.17, 15) is 0 Å². The van der Waals surface area contributed by atoms with Gasteiger partial charge in [-0.15, -0.1) is 0 Å². The molecule has 1 aromatic rings. The Morgan fingerprint density at radius 2 is 2.05 bits per heavy atom. The number of methoxy groups -OCH3 is 2. The van der Waals surface area contributed by atoms with Gasteiger partial charge >= 0.3 is 0 Å². The van der Waals surface area contributed by atoms with Crippen LogP contribution in [0.2, 0.25) is 0 Å². The molecule has 0 heterocycles. The van der Waals surface area contributed by atoms with Gasteiger partial charge in [-0.25, -0.2) is 0 Å². The molecule has 1 atom stereocenters. The molecule has 108 valence electrons. The summed E-state index contributed by atoms with van der Waals surface area (Å²) >= 11 is 0. The highest BCUT2D eigenvalue weighted by molar-refractivity contribution is 5.36. The predicted octanol–water partition coefficient (Wildman–Crippen LogP) is 2.14. The molecule has 1 aromatic carbocycles. The van der Waals surface area contributed by atoms with E-state index in [4.69, 9.17) is 14.2 Å². The summed E-state index contributed by atoms with van der Waals surface area (Å²) in [6.45, 7) is 6.96. The third kappa shape index (κ3) is 6.05. The van der Waals surface area contributed by atoms with Crippen LogP contribution >= 0.6 is 0 Å². The Kier molecular flexibility index (Phi) is 7.48. The van der Waals surface area contributed by atoms with Crippen molar-refractivity contribution in [2.24, 2.45) is 0 Å². The Morgan fingerprint density at radius 1 is 1.26 bits per heavy atom. The van der Waals surface area contributed by atoms with E-state index in [1.54, 1.807) is 14.2 Å². The van der Waals surface area contributed by atoms with E-state index in [1.165, 1.54) is 11.1 Å². The topological polar surface area (TPSA) is 39.7 Å². The summed E-state index contributed by atoms with van der Waals surface area (Å²) in [5.41, 5.74) is 2.40. The first-order chi connectivity index (χ1) is 9.17. The average molecular weight is 267 g/mol. The zero-order valence-electron chi connectivity index (χ0n) is 12.4. The maximum atomic E-state index is 5.81. The van der Waals surface area contributed by atoms with Crippen molar-refractivity contribution < 1.29 is 14.2 Å². The molecule has 0 fully saturated rings. The van der Waals surface area contributed by atoms with Gasteiger partial charge in [-0.2, -0.15) is 0 Å². The van der Waals surface area contributed by atoms with E-state index < -0.39 is 0 Å². The molecule has 0 bridgehead atoms. The van der Waals surface area contributed by atoms with Crippen LogP contribution in [0.4, 0.5) is 0 Å². The van der Waals surface area contributed by atoms with E-state index >= 15 is 0 Å². The van der Waals surface area contributed by atoms with Gasteiger partial charge in [0.05, 0.1) is 12.7 Å². The molecule has 4 heteroatoms. The molecule has 0 spiro atoms. The number of aryl methyl sites for hydroxylation is 1. The maximum Gasteiger partial charge on any atom is 0.123 e. The number of hydrogen-bond acceptors (Lipinski definition) is 4. The van der Waals surface area contributed by atoms with E-state index in [1.807, 2.05) is 13.0 Å². The highest BCUT2D eigenvalue weighted by Gasteiger charge is 2.06. The molecule has 1 unspecified atom stereocenters. The van der Waals surface area contributed by atoms with Crippen LogP contribution in [-0.4, -0.2) is 40.1 Å². The highest BCUT2D eigenvalue weighted by Crippen LogP contribution is 2.20. The molecule has 0 saturated carbocycles. The fourth-order valence-electron chi connectivity index (χ4n) is 1.66. The van der Waals surface area contributed by atoms with Gasteiger partial charge in [0, 0.05) is 32.9 Å². The Morgan fingerprint density at radius 3 is 2.74 bits per heavy atom. The summed E-state index contributed by atoms with van der Waals surface area (Å²) in [6.07, 6.45) is 0.0932. The third-order valence-corrected chi connectivity index (χ3v) is 2.89. The minimum Gasteiger partial charge on any atom is -0.491 e. The molecule has 0 aliphatic carbocycles. The zero-order valence-corrected chi connectivity index (χ0v) is 12.4. The molecular weight excluding hydrogens is 242 g/mol. The number of benzene rings is 1. The maximum absolute atomic E-state index is 5.81. The first-order valence-corrected chi connectivity index (χ1v) is 6.62. The van der Waals surface area contributed by atoms with Crippen LogP contribution in [0.3, 0.4) is 0 Å². The largest absolute Gasteiger partial charge is 0.491 e. The van der Waals surface area contributed by atoms with Gasteiger partial charge in [0.2, 0.25) is 0 Å². The minimum absolute atomic E-state index is 0.0932. The SMILES string of the molecule is COCCNCc1cc(C)ccc1OCC(C)OC. The van der Waals surface area contributed by atoms with Crippen molar-refractivity contribution in [3.05, 3.63) is 29.3 Å². The molecule has 0 radical (unpaired) electrons. The molecule has 0 amide bonds. The summed E-state index contributed by atoms with van der Waals surface area (Å²) in [6, 6.07) is 6.23. The Hall–Kier alpha value is -1.10. The van der Waals surface area contributed by atoms with Crippen molar-refractivity contribution in [3.63, 3.8) is 0 Å². The molecule has 0 saturated heterocycles. The number of hydrogen-bond donors (Lipinski definition) is 1. The van der Waals surface area contributed by atoms with E-state index in [-0.39, 0.29) is 6.10 Å².